The maximum atomic E-state index is 13.4. The van der Waals surface area contributed by atoms with Crippen molar-refractivity contribution in [2.75, 3.05) is 38.6 Å². The summed E-state index contributed by atoms with van der Waals surface area (Å²) in [5.41, 5.74) is 0.787. The number of rotatable bonds is 7. The van der Waals surface area contributed by atoms with E-state index >= 15 is 0 Å². The van der Waals surface area contributed by atoms with Gasteiger partial charge in [0.2, 0.25) is 0 Å². The van der Waals surface area contributed by atoms with Crippen LogP contribution in [0.4, 0.5) is 10.1 Å². The maximum absolute atomic E-state index is 13.4. The lowest BCUT2D eigenvalue weighted by Gasteiger charge is -2.18. The van der Waals surface area contributed by atoms with Crippen LogP contribution in [0.5, 0.6) is 5.75 Å². The van der Waals surface area contributed by atoms with E-state index in [4.69, 9.17) is 4.74 Å². The van der Waals surface area contributed by atoms with Crippen molar-refractivity contribution in [1.29, 1.82) is 0 Å². The average molecular weight is 240 g/mol. The van der Waals surface area contributed by atoms with Gasteiger partial charge in [-0.05, 0) is 25.2 Å². The van der Waals surface area contributed by atoms with Crippen LogP contribution in [0.3, 0.4) is 0 Å². The van der Waals surface area contributed by atoms with Gasteiger partial charge in [-0.2, -0.15) is 0 Å². The molecule has 96 valence electrons. The van der Waals surface area contributed by atoms with Gasteiger partial charge in [-0.1, -0.05) is 13.8 Å². The molecule has 0 spiro atoms. The lowest BCUT2D eigenvalue weighted by atomic mass is 10.3. The Hall–Kier alpha value is -1.29. The summed E-state index contributed by atoms with van der Waals surface area (Å²) in [7, 11) is 1.46. The van der Waals surface area contributed by atoms with Crippen LogP contribution >= 0.6 is 0 Å². The molecule has 1 aromatic carbocycles. The number of methoxy groups -OCH3 is 1. The van der Waals surface area contributed by atoms with Crippen LogP contribution in [0.1, 0.15) is 13.8 Å². The van der Waals surface area contributed by atoms with Crippen molar-refractivity contribution < 1.29 is 9.13 Å². The number of halogens is 1. The number of likely N-dealkylation sites (N-methyl/N-ethyl adjacent to an activating group) is 1. The molecule has 4 heteroatoms. The van der Waals surface area contributed by atoms with Crippen LogP contribution in [-0.4, -0.2) is 38.2 Å². The van der Waals surface area contributed by atoms with E-state index in [-0.39, 0.29) is 11.6 Å². The molecule has 0 radical (unpaired) electrons. The molecule has 0 aliphatic rings. The Morgan fingerprint density at radius 1 is 1.29 bits per heavy atom. The van der Waals surface area contributed by atoms with Crippen LogP contribution in [0.2, 0.25) is 0 Å². The molecule has 0 saturated carbocycles. The first-order valence-corrected chi connectivity index (χ1v) is 6.01. The number of nitrogens with zero attached hydrogens (tertiary/aromatic N) is 1. The first kappa shape index (κ1) is 13.8. The summed E-state index contributed by atoms with van der Waals surface area (Å²) in [5, 5.41) is 3.20. The predicted octanol–water partition coefficient (Wildman–Crippen LogP) is 2.59. The van der Waals surface area contributed by atoms with Gasteiger partial charge in [0.05, 0.1) is 7.11 Å². The molecule has 0 amide bonds. The second-order valence-electron chi connectivity index (χ2n) is 3.80. The van der Waals surface area contributed by atoms with Crippen molar-refractivity contribution in [2.24, 2.45) is 0 Å². The van der Waals surface area contributed by atoms with Crippen molar-refractivity contribution in [3.8, 4) is 5.75 Å². The number of anilines is 1. The van der Waals surface area contributed by atoms with E-state index in [0.717, 1.165) is 31.9 Å². The Morgan fingerprint density at radius 2 is 2.00 bits per heavy atom. The standard InChI is InChI=1S/C13H21FN2O/c1-4-16(5-2)9-8-15-11-6-7-13(17-3)12(14)10-11/h6-7,10,15H,4-5,8-9H2,1-3H3. The van der Waals surface area contributed by atoms with Gasteiger partial charge in [-0.3, -0.25) is 0 Å². The van der Waals surface area contributed by atoms with E-state index in [1.165, 1.54) is 13.2 Å². The molecule has 0 fully saturated rings. The monoisotopic (exact) mass is 240 g/mol. The fourth-order valence-corrected chi connectivity index (χ4v) is 1.67. The molecular formula is C13H21FN2O. The Balaban J connectivity index is 2.44. The normalized spacial score (nSPS) is 10.6. The summed E-state index contributed by atoms with van der Waals surface area (Å²) in [6.07, 6.45) is 0. The van der Waals surface area contributed by atoms with E-state index < -0.39 is 0 Å². The summed E-state index contributed by atoms with van der Waals surface area (Å²) in [6, 6.07) is 4.92. The van der Waals surface area contributed by atoms with Crippen molar-refractivity contribution in [1.82, 2.24) is 4.90 Å². The van der Waals surface area contributed by atoms with E-state index in [0.29, 0.717) is 0 Å². The van der Waals surface area contributed by atoms with Gasteiger partial charge in [-0.25, -0.2) is 4.39 Å². The number of benzene rings is 1. The highest BCUT2D eigenvalue weighted by Crippen LogP contribution is 2.20. The molecule has 0 saturated heterocycles. The fourth-order valence-electron chi connectivity index (χ4n) is 1.67. The Bertz CT molecular complexity index is 340. The van der Waals surface area contributed by atoms with Gasteiger partial charge in [0, 0.05) is 24.8 Å². The number of hydrogen-bond acceptors (Lipinski definition) is 3. The molecule has 3 nitrogen and oxygen atoms in total. The molecule has 0 unspecified atom stereocenters. The zero-order valence-electron chi connectivity index (χ0n) is 10.8. The molecule has 0 heterocycles. The average Bonchev–Trinajstić information content (AvgIpc) is 2.35. The van der Waals surface area contributed by atoms with Crippen molar-refractivity contribution in [2.45, 2.75) is 13.8 Å². The second kappa shape index (κ2) is 7.12. The number of hydrogen-bond donors (Lipinski definition) is 1. The SMILES string of the molecule is CCN(CC)CCNc1ccc(OC)c(F)c1. The van der Waals surface area contributed by atoms with Crippen LogP contribution in [0, 0.1) is 5.82 Å². The molecule has 1 rings (SSSR count). The number of ether oxygens (including phenoxy) is 1. The van der Waals surface area contributed by atoms with Gasteiger partial charge in [0.25, 0.3) is 0 Å². The second-order valence-corrected chi connectivity index (χ2v) is 3.80. The van der Waals surface area contributed by atoms with E-state index in [9.17, 15) is 4.39 Å². The zero-order valence-corrected chi connectivity index (χ0v) is 10.8. The minimum Gasteiger partial charge on any atom is -0.494 e. The van der Waals surface area contributed by atoms with E-state index in [1.807, 2.05) is 6.07 Å². The van der Waals surface area contributed by atoms with Gasteiger partial charge in [0.15, 0.2) is 11.6 Å². The zero-order chi connectivity index (χ0) is 12.7. The molecule has 0 atom stereocenters. The third-order valence-corrected chi connectivity index (χ3v) is 2.80. The van der Waals surface area contributed by atoms with Crippen molar-refractivity contribution >= 4 is 5.69 Å². The highest BCUT2D eigenvalue weighted by Gasteiger charge is 2.03. The molecule has 0 aliphatic heterocycles. The molecular weight excluding hydrogens is 219 g/mol. The van der Waals surface area contributed by atoms with Crippen LogP contribution in [0.15, 0.2) is 18.2 Å². The van der Waals surface area contributed by atoms with Gasteiger partial charge < -0.3 is 15.0 Å². The fraction of sp³-hybridized carbons (Fsp3) is 0.538. The molecule has 17 heavy (non-hydrogen) atoms. The first-order chi connectivity index (χ1) is 8.21. The third-order valence-electron chi connectivity index (χ3n) is 2.80. The van der Waals surface area contributed by atoms with E-state index in [2.05, 4.69) is 24.1 Å². The summed E-state index contributed by atoms with van der Waals surface area (Å²) in [6.45, 7) is 8.12. The third kappa shape index (κ3) is 4.23. The Labute approximate surface area is 103 Å². The predicted molar refractivity (Wildman–Crippen MR) is 69.2 cm³/mol. The summed E-state index contributed by atoms with van der Waals surface area (Å²) < 4.78 is 18.3. The lowest BCUT2D eigenvalue weighted by Crippen LogP contribution is -2.28. The lowest BCUT2D eigenvalue weighted by molar-refractivity contribution is 0.316. The van der Waals surface area contributed by atoms with Crippen molar-refractivity contribution in [3.63, 3.8) is 0 Å². The quantitative estimate of drug-likeness (QED) is 0.793. The Kier molecular flexibility index (Phi) is 5.77. The molecule has 1 N–H and O–H groups in total. The van der Waals surface area contributed by atoms with Gasteiger partial charge in [0.1, 0.15) is 0 Å². The summed E-state index contributed by atoms with van der Waals surface area (Å²) in [4.78, 5) is 2.31. The largest absolute Gasteiger partial charge is 0.494 e. The highest BCUT2D eigenvalue weighted by molar-refractivity contribution is 5.47. The van der Waals surface area contributed by atoms with Crippen molar-refractivity contribution in [3.05, 3.63) is 24.0 Å². The van der Waals surface area contributed by atoms with Gasteiger partial charge >= 0.3 is 0 Å². The minimum atomic E-state index is -0.333. The molecule has 0 aromatic heterocycles. The van der Waals surface area contributed by atoms with E-state index in [1.54, 1.807) is 6.07 Å². The summed E-state index contributed by atoms with van der Waals surface area (Å²) >= 11 is 0. The van der Waals surface area contributed by atoms with Gasteiger partial charge in [-0.15, -0.1) is 0 Å². The van der Waals surface area contributed by atoms with Crippen LogP contribution < -0.4 is 10.1 Å². The molecule has 0 aliphatic carbocycles. The van der Waals surface area contributed by atoms with Crippen LogP contribution in [0.25, 0.3) is 0 Å². The summed E-state index contributed by atoms with van der Waals surface area (Å²) in [5.74, 6) is -0.0559. The smallest absolute Gasteiger partial charge is 0.167 e. The number of nitrogens with one attached hydrogen (secondary N) is 1. The molecule has 0 bridgehead atoms. The Morgan fingerprint density at radius 3 is 2.53 bits per heavy atom. The first-order valence-electron chi connectivity index (χ1n) is 6.01. The minimum absolute atomic E-state index is 0.277. The highest BCUT2D eigenvalue weighted by atomic mass is 19.1. The topological polar surface area (TPSA) is 24.5 Å². The maximum Gasteiger partial charge on any atom is 0.167 e. The molecule has 1 aromatic rings. The van der Waals surface area contributed by atoms with Crippen LogP contribution in [-0.2, 0) is 0 Å².